The fourth-order valence-electron chi connectivity index (χ4n) is 2.21. The average Bonchev–Trinajstić information content (AvgIpc) is 2.45. The first-order chi connectivity index (χ1) is 9.86. The zero-order valence-corrected chi connectivity index (χ0v) is 11.3. The molecule has 0 atom stereocenters. The molecule has 2 rings (SSSR count). The minimum absolute atomic E-state index is 0.0712. The summed E-state index contributed by atoms with van der Waals surface area (Å²) in [6, 6.07) is 3.86. The number of rotatable bonds is 4. The summed E-state index contributed by atoms with van der Waals surface area (Å²) in [4.78, 5) is 17.9. The van der Waals surface area contributed by atoms with Crippen LogP contribution in [-0.4, -0.2) is 53.7 Å². The quantitative estimate of drug-likeness (QED) is 0.917. The van der Waals surface area contributed by atoms with Crippen molar-refractivity contribution in [3.05, 3.63) is 23.9 Å². The number of carboxylic acid groups (broad SMARTS) is 1. The van der Waals surface area contributed by atoms with Crippen LogP contribution >= 0.6 is 0 Å². The minimum Gasteiger partial charge on any atom is -0.481 e. The summed E-state index contributed by atoms with van der Waals surface area (Å²) in [5.41, 5.74) is -0.895. The van der Waals surface area contributed by atoms with Crippen molar-refractivity contribution in [3.63, 3.8) is 0 Å². The molecule has 0 aromatic carbocycles. The summed E-state index contributed by atoms with van der Waals surface area (Å²) in [7, 11) is 0. The normalized spacial score (nSPS) is 17.0. The molecule has 21 heavy (non-hydrogen) atoms. The van der Waals surface area contributed by atoms with Gasteiger partial charge in [-0.15, -0.1) is 0 Å². The van der Waals surface area contributed by atoms with Gasteiger partial charge >= 0.3 is 12.1 Å². The highest BCUT2D eigenvalue weighted by Crippen LogP contribution is 2.29. The van der Waals surface area contributed by atoms with Crippen molar-refractivity contribution in [2.24, 2.45) is 0 Å². The maximum atomic E-state index is 12.6. The van der Waals surface area contributed by atoms with Crippen LogP contribution in [0.2, 0.25) is 0 Å². The molecular formula is C13H16F3N3O2. The summed E-state index contributed by atoms with van der Waals surface area (Å²) in [5.74, 6) is -0.542. The Balaban J connectivity index is 1.95. The molecule has 1 aliphatic heterocycles. The van der Waals surface area contributed by atoms with Crippen molar-refractivity contribution in [2.75, 3.05) is 37.6 Å². The first-order valence-corrected chi connectivity index (χ1v) is 6.59. The van der Waals surface area contributed by atoms with E-state index in [1.165, 1.54) is 6.07 Å². The maximum Gasteiger partial charge on any atom is 0.433 e. The van der Waals surface area contributed by atoms with Crippen molar-refractivity contribution in [2.45, 2.75) is 12.6 Å². The molecule has 0 spiro atoms. The highest BCUT2D eigenvalue weighted by Gasteiger charge is 2.33. The van der Waals surface area contributed by atoms with Crippen LogP contribution in [0.5, 0.6) is 0 Å². The Hall–Kier alpha value is -1.83. The van der Waals surface area contributed by atoms with E-state index in [1.54, 1.807) is 11.0 Å². The van der Waals surface area contributed by atoms with Crippen LogP contribution in [0.3, 0.4) is 0 Å². The van der Waals surface area contributed by atoms with E-state index in [2.05, 4.69) is 4.98 Å². The van der Waals surface area contributed by atoms with E-state index in [4.69, 9.17) is 5.11 Å². The molecule has 1 N–H and O–H groups in total. The molecular weight excluding hydrogens is 287 g/mol. The van der Waals surface area contributed by atoms with Gasteiger partial charge in [0.05, 0.1) is 6.42 Å². The van der Waals surface area contributed by atoms with Crippen molar-refractivity contribution < 1.29 is 23.1 Å². The predicted octanol–water partition coefficient (Wildman–Crippen LogP) is 1.70. The molecule has 1 aliphatic rings. The van der Waals surface area contributed by atoms with Gasteiger partial charge in [0.25, 0.3) is 0 Å². The average molecular weight is 303 g/mol. The van der Waals surface area contributed by atoms with E-state index in [-0.39, 0.29) is 6.42 Å². The van der Waals surface area contributed by atoms with Crippen molar-refractivity contribution in [3.8, 4) is 0 Å². The second kappa shape index (κ2) is 6.30. The third-order valence-corrected chi connectivity index (χ3v) is 3.36. The Morgan fingerprint density at radius 2 is 1.90 bits per heavy atom. The van der Waals surface area contributed by atoms with Crippen LogP contribution in [0.15, 0.2) is 18.2 Å². The van der Waals surface area contributed by atoms with Gasteiger partial charge in [0.2, 0.25) is 0 Å². The molecule has 0 saturated carbocycles. The summed E-state index contributed by atoms with van der Waals surface area (Å²) >= 11 is 0. The van der Waals surface area contributed by atoms with Crippen molar-refractivity contribution in [1.29, 1.82) is 0 Å². The molecule has 8 heteroatoms. The van der Waals surface area contributed by atoms with Crippen molar-refractivity contribution >= 4 is 11.8 Å². The highest BCUT2D eigenvalue weighted by atomic mass is 19.4. The van der Waals surface area contributed by atoms with E-state index >= 15 is 0 Å². The van der Waals surface area contributed by atoms with Crippen LogP contribution in [0, 0.1) is 0 Å². The fourth-order valence-corrected chi connectivity index (χ4v) is 2.21. The Morgan fingerprint density at radius 1 is 1.24 bits per heavy atom. The Bertz CT molecular complexity index is 500. The molecule has 1 aromatic rings. The molecule has 1 fully saturated rings. The third kappa shape index (κ3) is 4.32. The number of carbonyl (C=O) groups is 1. The van der Waals surface area contributed by atoms with Gasteiger partial charge in [0.15, 0.2) is 0 Å². The minimum atomic E-state index is -4.45. The van der Waals surface area contributed by atoms with E-state index in [0.29, 0.717) is 38.5 Å². The SMILES string of the molecule is O=C(O)CCN1CCN(c2cccc(C(F)(F)F)n2)CC1. The smallest absolute Gasteiger partial charge is 0.433 e. The number of hydrogen-bond donors (Lipinski definition) is 1. The summed E-state index contributed by atoms with van der Waals surface area (Å²) < 4.78 is 37.9. The largest absolute Gasteiger partial charge is 0.481 e. The number of hydrogen-bond acceptors (Lipinski definition) is 4. The van der Waals surface area contributed by atoms with E-state index in [1.807, 2.05) is 4.90 Å². The van der Waals surface area contributed by atoms with E-state index in [9.17, 15) is 18.0 Å². The fraction of sp³-hybridized carbons (Fsp3) is 0.538. The van der Waals surface area contributed by atoms with Crippen LogP contribution in [0.25, 0.3) is 0 Å². The first-order valence-electron chi connectivity index (χ1n) is 6.59. The van der Waals surface area contributed by atoms with Gasteiger partial charge < -0.3 is 10.0 Å². The molecule has 5 nitrogen and oxygen atoms in total. The lowest BCUT2D eigenvalue weighted by Crippen LogP contribution is -2.47. The number of pyridine rings is 1. The van der Waals surface area contributed by atoms with Crippen LogP contribution in [0.4, 0.5) is 19.0 Å². The Labute approximate surface area is 120 Å². The van der Waals surface area contributed by atoms with Gasteiger partial charge in [-0.3, -0.25) is 9.69 Å². The predicted molar refractivity (Wildman–Crippen MR) is 70.1 cm³/mol. The number of aliphatic carboxylic acids is 1. The number of carboxylic acids is 1. The zero-order chi connectivity index (χ0) is 15.5. The van der Waals surface area contributed by atoms with Gasteiger partial charge in [-0.05, 0) is 12.1 Å². The maximum absolute atomic E-state index is 12.6. The second-order valence-corrected chi connectivity index (χ2v) is 4.85. The van der Waals surface area contributed by atoms with Crippen molar-refractivity contribution in [1.82, 2.24) is 9.88 Å². The Morgan fingerprint density at radius 3 is 2.48 bits per heavy atom. The number of alkyl halides is 3. The van der Waals surface area contributed by atoms with Gasteiger partial charge in [-0.2, -0.15) is 13.2 Å². The number of piperazine rings is 1. The molecule has 116 valence electrons. The summed E-state index contributed by atoms with van der Waals surface area (Å²) in [5, 5.41) is 8.63. The van der Waals surface area contributed by atoms with Gasteiger partial charge in [-0.25, -0.2) is 4.98 Å². The van der Waals surface area contributed by atoms with Crippen LogP contribution in [-0.2, 0) is 11.0 Å². The molecule has 0 radical (unpaired) electrons. The molecule has 0 unspecified atom stereocenters. The number of halogens is 3. The third-order valence-electron chi connectivity index (χ3n) is 3.36. The van der Waals surface area contributed by atoms with Crippen LogP contribution < -0.4 is 4.90 Å². The lowest BCUT2D eigenvalue weighted by atomic mass is 10.2. The number of anilines is 1. The van der Waals surface area contributed by atoms with Crippen LogP contribution in [0.1, 0.15) is 12.1 Å². The molecule has 1 aromatic heterocycles. The molecule has 0 aliphatic carbocycles. The molecule has 0 bridgehead atoms. The lowest BCUT2D eigenvalue weighted by Gasteiger charge is -2.35. The summed E-state index contributed by atoms with van der Waals surface area (Å²) in [6.07, 6.45) is -4.37. The second-order valence-electron chi connectivity index (χ2n) is 4.85. The summed E-state index contributed by atoms with van der Waals surface area (Å²) in [6.45, 7) is 2.76. The van der Waals surface area contributed by atoms with Gasteiger partial charge in [0, 0.05) is 32.7 Å². The molecule has 0 amide bonds. The van der Waals surface area contributed by atoms with Gasteiger partial charge in [-0.1, -0.05) is 6.07 Å². The lowest BCUT2D eigenvalue weighted by molar-refractivity contribution is -0.141. The van der Waals surface area contributed by atoms with E-state index < -0.39 is 17.8 Å². The topological polar surface area (TPSA) is 56.7 Å². The highest BCUT2D eigenvalue weighted by molar-refractivity contribution is 5.66. The first kappa shape index (κ1) is 15.6. The molecule has 1 saturated heterocycles. The number of aromatic nitrogens is 1. The zero-order valence-electron chi connectivity index (χ0n) is 11.3. The molecule has 2 heterocycles. The number of nitrogens with zero attached hydrogens (tertiary/aromatic N) is 3. The standard InChI is InChI=1S/C13H16F3N3O2/c14-13(15,16)10-2-1-3-11(17-10)19-8-6-18(7-9-19)5-4-12(20)21/h1-3H,4-9H2,(H,20,21). The van der Waals surface area contributed by atoms with E-state index in [0.717, 1.165) is 6.07 Å². The monoisotopic (exact) mass is 303 g/mol. The Kier molecular flexibility index (Phi) is 4.66. The van der Waals surface area contributed by atoms with Gasteiger partial charge in [0.1, 0.15) is 11.5 Å².